The molecule has 2 aromatic carbocycles. The topological polar surface area (TPSA) is 106 Å². The summed E-state index contributed by atoms with van der Waals surface area (Å²) >= 11 is 1.48. The third-order valence-corrected chi connectivity index (χ3v) is 7.32. The van der Waals surface area contributed by atoms with Gasteiger partial charge in [0.25, 0.3) is 5.91 Å². The number of carbonyl (C=O) groups excluding carboxylic acids is 3. The third-order valence-electron chi connectivity index (χ3n) is 6.17. The molecule has 0 saturated carbocycles. The summed E-state index contributed by atoms with van der Waals surface area (Å²) in [5, 5.41) is 7.20. The zero-order valence-corrected chi connectivity index (χ0v) is 21.4. The lowest BCUT2D eigenvalue weighted by molar-refractivity contribution is 0.0728. The zero-order chi connectivity index (χ0) is 25.9. The van der Waals surface area contributed by atoms with Gasteiger partial charge in [-0.15, -0.1) is 11.3 Å². The van der Waals surface area contributed by atoms with Gasteiger partial charge in [-0.25, -0.2) is 9.59 Å². The van der Waals surface area contributed by atoms with Gasteiger partial charge in [0.2, 0.25) is 0 Å². The number of nitrogens with zero attached hydrogens (tertiary/aromatic N) is 1. The summed E-state index contributed by atoms with van der Waals surface area (Å²) in [6.07, 6.45) is -0.249. The highest BCUT2D eigenvalue weighted by atomic mass is 32.1. The van der Waals surface area contributed by atoms with Crippen molar-refractivity contribution < 1.29 is 28.6 Å². The number of anilines is 1. The maximum Gasteiger partial charge on any atom is 0.410 e. The van der Waals surface area contributed by atoms with Gasteiger partial charge in [-0.3, -0.25) is 4.79 Å². The van der Waals surface area contributed by atoms with E-state index < -0.39 is 12.1 Å². The molecule has 2 aliphatic rings. The van der Waals surface area contributed by atoms with Gasteiger partial charge < -0.3 is 29.7 Å². The number of rotatable bonds is 6. The van der Waals surface area contributed by atoms with Gasteiger partial charge in [-0.2, -0.15) is 0 Å². The van der Waals surface area contributed by atoms with E-state index in [-0.39, 0.29) is 12.0 Å². The quantitative estimate of drug-likeness (QED) is 0.357. The molecule has 0 aliphatic carbocycles. The number of hydrogen-bond acceptors (Lipinski definition) is 8. The highest BCUT2D eigenvalue weighted by Gasteiger charge is 2.34. The van der Waals surface area contributed by atoms with E-state index in [0.29, 0.717) is 55.4 Å². The van der Waals surface area contributed by atoms with Crippen LogP contribution in [0.25, 0.3) is 0 Å². The summed E-state index contributed by atoms with van der Waals surface area (Å²) in [5.74, 6) is 0.0528. The maximum atomic E-state index is 13.1. The molecule has 0 radical (unpaired) electrons. The molecule has 2 N–H and O–H groups in total. The molecule has 9 nitrogen and oxygen atoms in total. The van der Waals surface area contributed by atoms with Gasteiger partial charge in [0.15, 0.2) is 11.5 Å². The second-order valence-corrected chi connectivity index (χ2v) is 9.63. The van der Waals surface area contributed by atoms with Crippen LogP contribution in [0.3, 0.4) is 0 Å². The van der Waals surface area contributed by atoms with Gasteiger partial charge in [-0.1, -0.05) is 24.3 Å². The van der Waals surface area contributed by atoms with Crippen molar-refractivity contribution in [3.8, 4) is 11.5 Å². The van der Waals surface area contributed by atoms with E-state index in [0.717, 1.165) is 21.0 Å². The first-order valence-corrected chi connectivity index (χ1v) is 13.0. The minimum atomic E-state index is -0.501. The molecule has 10 heteroatoms. The fourth-order valence-corrected chi connectivity index (χ4v) is 5.73. The first-order chi connectivity index (χ1) is 18.0. The molecule has 0 bridgehead atoms. The lowest BCUT2D eigenvalue weighted by Gasteiger charge is -2.28. The smallest absolute Gasteiger partial charge is 0.410 e. The van der Waals surface area contributed by atoms with Crippen molar-refractivity contribution in [2.45, 2.75) is 33.0 Å². The summed E-state index contributed by atoms with van der Waals surface area (Å²) in [6, 6.07) is 13.9. The number of ether oxygens (including phenoxy) is 3. The summed E-state index contributed by atoms with van der Waals surface area (Å²) in [6.45, 7) is 5.25. The SMILES string of the molecule is CCOC(=O)N1CCc2c(sc3c2C(=O)NC(c2ccc(OC(=O)c4ccccc4)c(OCC)c2)N3)C1. The van der Waals surface area contributed by atoms with E-state index in [2.05, 4.69) is 10.6 Å². The van der Waals surface area contributed by atoms with Crippen LogP contribution in [0.1, 0.15) is 56.7 Å². The predicted molar refractivity (Wildman–Crippen MR) is 138 cm³/mol. The summed E-state index contributed by atoms with van der Waals surface area (Å²) in [4.78, 5) is 40.5. The zero-order valence-electron chi connectivity index (χ0n) is 20.5. The molecule has 2 aliphatic heterocycles. The van der Waals surface area contributed by atoms with E-state index in [1.807, 2.05) is 13.0 Å². The van der Waals surface area contributed by atoms with E-state index in [1.54, 1.807) is 54.3 Å². The minimum absolute atomic E-state index is 0.168. The van der Waals surface area contributed by atoms with Crippen molar-refractivity contribution in [3.63, 3.8) is 0 Å². The molecular formula is C27H27N3O6S. The second kappa shape index (κ2) is 10.5. The number of carbonyl (C=O) groups is 3. The molecule has 3 aromatic rings. The Kier molecular flexibility index (Phi) is 7.00. The molecule has 0 spiro atoms. The molecular weight excluding hydrogens is 494 g/mol. The van der Waals surface area contributed by atoms with E-state index >= 15 is 0 Å². The van der Waals surface area contributed by atoms with E-state index in [1.165, 1.54) is 11.3 Å². The Morgan fingerprint density at radius 3 is 2.62 bits per heavy atom. The second-order valence-electron chi connectivity index (χ2n) is 8.52. The molecule has 0 fully saturated rings. The molecule has 1 unspecified atom stereocenters. The molecule has 5 rings (SSSR count). The van der Waals surface area contributed by atoms with Crippen molar-refractivity contribution in [1.29, 1.82) is 0 Å². The molecule has 0 saturated heterocycles. The van der Waals surface area contributed by atoms with Crippen LogP contribution in [-0.4, -0.2) is 42.6 Å². The Labute approximate surface area is 218 Å². The van der Waals surface area contributed by atoms with Gasteiger partial charge >= 0.3 is 12.1 Å². The lowest BCUT2D eigenvalue weighted by Crippen LogP contribution is -2.39. The first kappa shape index (κ1) is 24.6. The fourth-order valence-electron chi connectivity index (χ4n) is 4.44. The van der Waals surface area contributed by atoms with E-state index in [4.69, 9.17) is 14.2 Å². The average Bonchev–Trinajstić information content (AvgIpc) is 3.28. The van der Waals surface area contributed by atoms with Crippen LogP contribution in [0.15, 0.2) is 48.5 Å². The van der Waals surface area contributed by atoms with Crippen LogP contribution in [0.4, 0.5) is 9.80 Å². The molecule has 3 heterocycles. The van der Waals surface area contributed by atoms with Crippen LogP contribution in [-0.2, 0) is 17.7 Å². The van der Waals surface area contributed by atoms with Gasteiger partial charge in [0.05, 0.1) is 30.9 Å². The number of amides is 2. The average molecular weight is 522 g/mol. The van der Waals surface area contributed by atoms with E-state index in [9.17, 15) is 14.4 Å². The predicted octanol–water partition coefficient (Wildman–Crippen LogP) is 4.73. The van der Waals surface area contributed by atoms with Crippen molar-refractivity contribution >= 4 is 34.3 Å². The number of thiophene rings is 1. The van der Waals surface area contributed by atoms with Gasteiger partial charge in [-0.05, 0) is 55.7 Å². The standard InChI is InChI=1S/C27H27N3O6S/c1-3-34-20-14-17(10-11-19(20)36-26(32)16-8-6-5-7-9-16)23-28-24(31)22-18-12-13-30(27(33)35-4-2)15-21(18)37-25(22)29-23/h5-11,14,23,29H,3-4,12-13,15H2,1-2H3,(H,28,31). The Balaban J connectivity index is 1.36. The van der Waals surface area contributed by atoms with Crippen LogP contribution in [0, 0.1) is 0 Å². The normalized spacial score (nSPS) is 16.1. The fraction of sp³-hybridized carbons (Fsp3) is 0.296. The Bertz CT molecular complexity index is 1340. The molecule has 1 atom stereocenters. The third kappa shape index (κ3) is 4.97. The van der Waals surface area contributed by atoms with Crippen molar-refractivity contribution in [3.05, 3.63) is 75.7 Å². The monoisotopic (exact) mass is 521 g/mol. The summed E-state index contributed by atoms with van der Waals surface area (Å²) in [7, 11) is 0. The van der Waals surface area contributed by atoms with Crippen LogP contribution in [0.5, 0.6) is 11.5 Å². The number of benzene rings is 2. The first-order valence-electron chi connectivity index (χ1n) is 12.2. The molecule has 2 amide bonds. The number of hydrogen-bond donors (Lipinski definition) is 2. The largest absolute Gasteiger partial charge is 0.490 e. The molecule has 192 valence electrons. The van der Waals surface area contributed by atoms with Gasteiger partial charge in [0, 0.05) is 11.4 Å². The maximum absolute atomic E-state index is 13.1. The number of nitrogens with one attached hydrogen (secondary N) is 2. The van der Waals surface area contributed by atoms with Crippen LogP contribution in [0.2, 0.25) is 0 Å². The Morgan fingerprint density at radius 1 is 1.05 bits per heavy atom. The highest BCUT2D eigenvalue weighted by molar-refractivity contribution is 7.16. The molecule has 37 heavy (non-hydrogen) atoms. The lowest BCUT2D eigenvalue weighted by atomic mass is 10.0. The van der Waals surface area contributed by atoms with Crippen molar-refractivity contribution in [2.24, 2.45) is 0 Å². The number of esters is 1. The van der Waals surface area contributed by atoms with Crippen LogP contribution < -0.4 is 20.1 Å². The highest BCUT2D eigenvalue weighted by Crippen LogP contribution is 2.41. The van der Waals surface area contributed by atoms with Crippen molar-refractivity contribution in [1.82, 2.24) is 10.2 Å². The Morgan fingerprint density at radius 2 is 1.86 bits per heavy atom. The minimum Gasteiger partial charge on any atom is -0.490 e. The van der Waals surface area contributed by atoms with Crippen LogP contribution >= 0.6 is 11.3 Å². The van der Waals surface area contributed by atoms with Crippen molar-refractivity contribution in [2.75, 3.05) is 25.1 Å². The Hall–Kier alpha value is -4.05. The van der Waals surface area contributed by atoms with Gasteiger partial charge in [0.1, 0.15) is 11.2 Å². The summed E-state index contributed by atoms with van der Waals surface area (Å²) < 4.78 is 16.5. The molecule has 1 aromatic heterocycles. The summed E-state index contributed by atoms with van der Waals surface area (Å²) in [5.41, 5.74) is 2.80. The number of fused-ring (bicyclic) bond motifs is 3.